The Kier molecular flexibility index (Phi) is 5.34. The molecule has 6 nitrogen and oxygen atoms in total. The fourth-order valence-electron chi connectivity index (χ4n) is 2.57. The van der Waals surface area contributed by atoms with E-state index in [0.29, 0.717) is 17.7 Å². The lowest BCUT2D eigenvalue weighted by Crippen LogP contribution is -2.40. The van der Waals surface area contributed by atoms with Gasteiger partial charge in [-0.1, -0.05) is 11.2 Å². The molecule has 24 heavy (non-hydrogen) atoms. The van der Waals surface area contributed by atoms with Gasteiger partial charge >= 0.3 is 0 Å². The Balaban J connectivity index is 2.30. The van der Waals surface area contributed by atoms with Gasteiger partial charge in [0.2, 0.25) is 0 Å². The van der Waals surface area contributed by atoms with E-state index in [0.717, 1.165) is 5.56 Å². The highest BCUT2D eigenvalue weighted by Gasteiger charge is 2.39. The van der Waals surface area contributed by atoms with Crippen LogP contribution >= 0.6 is 0 Å². The van der Waals surface area contributed by atoms with Crippen LogP contribution in [0.4, 0.5) is 4.39 Å². The topological polar surface area (TPSA) is 93.1 Å². The Morgan fingerprint density at radius 1 is 1.54 bits per heavy atom. The summed E-state index contributed by atoms with van der Waals surface area (Å²) in [6.07, 6.45) is 0.329. The molecule has 1 aliphatic rings. The molecule has 1 N–H and O–H groups in total. The summed E-state index contributed by atoms with van der Waals surface area (Å²) in [4.78, 5) is 2.75. The van der Waals surface area contributed by atoms with Crippen LogP contribution in [0.25, 0.3) is 10.4 Å². The normalized spacial score (nSPS) is 22.3. The highest BCUT2D eigenvalue weighted by Crippen LogP contribution is 2.42. The molecule has 8 heteroatoms. The second kappa shape index (κ2) is 6.80. The van der Waals surface area contributed by atoms with E-state index in [9.17, 15) is 8.94 Å². The molecule has 1 heterocycles. The van der Waals surface area contributed by atoms with Crippen molar-refractivity contribution in [2.45, 2.75) is 57.4 Å². The van der Waals surface area contributed by atoms with Gasteiger partial charge in [0.15, 0.2) is 0 Å². The molecule has 0 aliphatic carbocycles. The van der Waals surface area contributed by atoms with Crippen LogP contribution in [0.2, 0.25) is 0 Å². The number of rotatable bonds is 5. The summed E-state index contributed by atoms with van der Waals surface area (Å²) in [6.45, 7) is 9.41. The molecule has 2 rings (SSSR count). The molecule has 0 saturated carbocycles. The summed E-state index contributed by atoms with van der Waals surface area (Å²) in [6, 6.07) is 2.77. The Bertz CT molecular complexity index is 673. The van der Waals surface area contributed by atoms with E-state index in [2.05, 4.69) is 14.7 Å². The Morgan fingerprint density at radius 3 is 2.79 bits per heavy atom. The molecule has 3 atom stereocenters. The first-order chi connectivity index (χ1) is 11.1. The number of benzene rings is 1. The minimum atomic E-state index is -1.26. The number of halogens is 1. The third-order valence-corrected chi connectivity index (χ3v) is 5.59. The zero-order valence-electron chi connectivity index (χ0n) is 14.6. The van der Waals surface area contributed by atoms with E-state index in [1.807, 2.05) is 27.7 Å². The summed E-state index contributed by atoms with van der Waals surface area (Å²) in [5.74, 6) is 0.110. The van der Waals surface area contributed by atoms with Crippen molar-refractivity contribution in [1.82, 2.24) is 4.72 Å². The minimum Gasteiger partial charge on any atom is -0.598 e. The highest BCUT2D eigenvalue weighted by atomic mass is 32.2. The second-order valence-electron chi connectivity index (χ2n) is 7.28. The molecule has 0 fully saturated rings. The fourth-order valence-corrected chi connectivity index (χ4v) is 3.38. The number of nitrogens with zero attached hydrogens (tertiary/aromatic N) is 3. The summed E-state index contributed by atoms with van der Waals surface area (Å²) >= 11 is -1.26. The van der Waals surface area contributed by atoms with Gasteiger partial charge in [-0.25, -0.2) is 4.39 Å². The summed E-state index contributed by atoms with van der Waals surface area (Å²) in [7, 11) is 0. The number of fused-ring (bicyclic) bond motifs is 1. The van der Waals surface area contributed by atoms with Crippen molar-refractivity contribution < 1.29 is 13.7 Å². The average Bonchev–Trinajstić information content (AvgIpc) is 2.83. The van der Waals surface area contributed by atoms with Gasteiger partial charge in [-0.2, -0.15) is 0 Å². The molecular formula is C16H23FN4O2S. The molecule has 0 radical (unpaired) electrons. The van der Waals surface area contributed by atoms with Crippen LogP contribution in [0.5, 0.6) is 5.75 Å². The first kappa shape index (κ1) is 18.9. The lowest BCUT2D eigenvalue weighted by Gasteiger charge is -2.27. The van der Waals surface area contributed by atoms with E-state index in [1.54, 1.807) is 13.0 Å². The summed E-state index contributed by atoms with van der Waals surface area (Å²) < 4.78 is 35.1. The van der Waals surface area contributed by atoms with Gasteiger partial charge in [0.1, 0.15) is 21.9 Å². The maximum absolute atomic E-state index is 14.2. The molecule has 132 valence electrons. The third-order valence-electron chi connectivity index (χ3n) is 3.91. The first-order valence-corrected chi connectivity index (χ1v) is 8.91. The van der Waals surface area contributed by atoms with Crippen molar-refractivity contribution in [2.75, 3.05) is 6.54 Å². The standard InChI is InChI=1S/C16H23FN4O2S/c1-10(20-24(22)15(2,3)4)11-6-7-13(17)12-8-16(5,9-19-21-18)23-14(11)12/h6-7,10,20H,8-9H2,1-5H3/t10-,16-,24?/m1/s1. The number of azide groups is 1. The molecule has 0 bridgehead atoms. The number of hydrogen-bond donors (Lipinski definition) is 1. The first-order valence-electron chi connectivity index (χ1n) is 7.76. The SMILES string of the molecule is C[C@@H](N[S+]([O-])C(C)(C)C)c1ccc(F)c2c1O[C@@](C)(CN=[N+]=[N-])C2. The van der Waals surface area contributed by atoms with Crippen molar-refractivity contribution in [3.8, 4) is 5.75 Å². The fraction of sp³-hybridized carbons (Fsp3) is 0.625. The van der Waals surface area contributed by atoms with Crippen LogP contribution in [0.15, 0.2) is 17.2 Å². The Labute approximate surface area is 144 Å². The van der Waals surface area contributed by atoms with Crippen LogP contribution in [-0.4, -0.2) is 21.4 Å². The van der Waals surface area contributed by atoms with E-state index in [4.69, 9.17) is 10.3 Å². The van der Waals surface area contributed by atoms with E-state index in [1.165, 1.54) is 6.07 Å². The number of nitrogens with one attached hydrogen (secondary N) is 1. The highest BCUT2D eigenvalue weighted by molar-refractivity contribution is 7.90. The predicted molar refractivity (Wildman–Crippen MR) is 92.6 cm³/mol. The van der Waals surface area contributed by atoms with Gasteiger partial charge < -0.3 is 9.29 Å². The van der Waals surface area contributed by atoms with Crippen molar-refractivity contribution in [2.24, 2.45) is 5.11 Å². The van der Waals surface area contributed by atoms with Crippen LogP contribution in [0.3, 0.4) is 0 Å². The van der Waals surface area contributed by atoms with E-state index >= 15 is 0 Å². The van der Waals surface area contributed by atoms with Crippen LogP contribution in [0.1, 0.15) is 51.8 Å². The van der Waals surface area contributed by atoms with Gasteiger partial charge in [0, 0.05) is 33.8 Å². The maximum atomic E-state index is 14.2. The molecule has 1 unspecified atom stereocenters. The van der Waals surface area contributed by atoms with Gasteiger partial charge in [0.25, 0.3) is 0 Å². The van der Waals surface area contributed by atoms with Crippen molar-refractivity contribution in [3.05, 3.63) is 39.5 Å². The van der Waals surface area contributed by atoms with Crippen LogP contribution in [0, 0.1) is 5.82 Å². The zero-order chi connectivity index (χ0) is 18.1. The lowest BCUT2D eigenvalue weighted by molar-refractivity contribution is 0.124. The zero-order valence-corrected chi connectivity index (χ0v) is 15.4. The quantitative estimate of drug-likeness (QED) is 0.375. The average molecular weight is 354 g/mol. The van der Waals surface area contributed by atoms with Crippen molar-refractivity contribution in [3.63, 3.8) is 0 Å². The molecule has 0 spiro atoms. The van der Waals surface area contributed by atoms with Crippen LogP contribution < -0.4 is 9.46 Å². The Hall–Kier alpha value is -1.47. The lowest BCUT2D eigenvalue weighted by atomic mass is 9.97. The van der Waals surface area contributed by atoms with Crippen molar-refractivity contribution >= 4 is 11.4 Å². The van der Waals surface area contributed by atoms with Crippen LogP contribution in [-0.2, 0) is 17.8 Å². The summed E-state index contributed by atoms with van der Waals surface area (Å²) in [5, 5.41) is 3.56. The molecular weight excluding hydrogens is 331 g/mol. The third kappa shape index (κ3) is 3.95. The summed E-state index contributed by atoms with van der Waals surface area (Å²) in [5.41, 5.74) is 8.96. The van der Waals surface area contributed by atoms with Gasteiger partial charge in [-0.3, -0.25) is 0 Å². The molecule has 1 aliphatic heterocycles. The van der Waals surface area contributed by atoms with E-state index < -0.39 is 21.7 Å². The van der Waals surface area contributed by atoms with Gasteiger partial charge in [0.05, 0.1) is 12.6 Å². The second-order valence-corrected chi connectivity index (χ2v) is 9.28. The van der Waals surface area contributed by atoms with Crippen molar-refractivity contribution in [1.29, 1.82) is 0 Å². The number of ether oxygens (including phenoxy) is 1. The monoisotopic (exact) mass is 354 g/mol. The van der Waals surface area contributed by atoms with E-state index in [-0.39, 0.29) is 18.4 Å². The number of hydrogen-bond acceptors (Lipinski definition) is 4. The molecule has 1 aromatic rings. The molecule has 0 amide bonds. The minimum absolute atomic E-state index is 0.118. The maximum Gasteiger partial charge on any atom is 0.136 e. The molecule has 0 aromatic heterocycles. The predicted octanol–water partition coefficient (Wildman–Crippen LogP) is 3.94. The van der Waals surface area contributed by atoms with Gasteiger partial charge in [-0.15, -0.1) is 4.72 Å². The van der Waals surface area contributed by atoms with Gasteiger partial charge in [-0.05, 0) is 46.2 Å². The smallest absolute Gasteiger partial charge is 0.136 e. The Morgan fingerprint density at radius 2 is 2.21 bits per heavy atom. The molecule has 1 aromatic carbocycles. The largest absolute Gasteiger partial charge is 0.598 e. The molecule has 0 saturated heterocycles.